The van der Waals surface area contributed by atoms with E-state index in [0.29, 0.717) is 5.41 Å². The maximum Gasteiger partial charge on any atom is 0.117 e. The molecule has 1 aromatic rings. The molecule has 3 nitrogen and oxygen atoms in total. The van der Waals surface area contributed by atoms with Gasteiger partial charge in [0, 0.05) is 6.61 Å². The Kier molecular flexibility index (Phi) is 6.72. The van der Waals surface area contributed by atoms with Crippen molar-refractivity contribution in [2.24, 2.45) is 11.3 Å². The van der Waals surface area contributed by atoms with Crippen LogP contribution in [0.3, 0.4) is 0 Å². The van der Waals surface area contributed by atoms with Gasteiger partial charge in [-0.1, -0.05) is 27.2 Å². The van der Waals surface area contributed by atoms with Crippen LogP contribution < -0.4 is 5.32 Å². The summed E-state index contributed by atoms with van der Waals surface area (Å²) in [5.74, 6) is 1.80. The summed E-state index contributed by atoms with van der Waals surface area (Å²) < 4.78 is 11.5. The van der Waals surface area contributed by atoms with E-state index in [4.69, 9.17) is 9.15 Å². The van der Waals surface area contributed by atoms with Crippen LogP contribution >= 0.6 is 0 Å². The zero-order chi connectivity index (χ0) is 16.8. The first kappa shape index (κ1) is 18.5. The molecule has 1 aromatic heterocycles. The van der Waals surface area contributed by atoms with E-state index in [1.807, 2.05) is 12.1 Å². The second kappa shape index (κ2) is 8.34. The molecule has 1 aliphatic rings. The molecule has 0 radical (unpaired) electrons. The number of rotatable bonds is 9. The van der Waals surface area contributed by atoms with Crippen molar-refractivity contribution in [2.75, 3.05) is 13.2 Å². The highest BCUT2D eigenvalue weighted by atomic mass is 16.5. The predicted octanol–water partition coefficient (Wildman–Crippen LogP) is 5.16. The van der Waals surface area contributed by atoms with E-state index in [0.717, 1.165) is 37.8 Å². The first-order chi connectivity index (χ1) is 11.0. The SMILES string of the molecule is CC[C@@]1(C)C[C@](CCNCc2ccco2)(CCC(C)C)CCO1. The Morgan fingerprint density at radius 3 is 2.78 bits per heavy atom. The molecule has 1 aliphatic heterocycles. The van der Waals surface area contributed by atoms with Crippen LogP contribution in [0.15, 0.2) is 22.8 Å². The minimum atomic E-state index is 0.0657. The highest BCUT2D eigenvalue weighted by Gasteiger charge is 2.41. The van der Waals surface area contributed by atoms with Crippen LogP contribution in [0.4, 0.5) is 0 Å². The third-order valence-corrected chi connectivity index (χ3v) is 5.54. The van der Waals surface area contributed by atoms with Gasteiger partial charge in [0.25, 0.3) is 0 Å². The Morgan fingerprint density at radius 2 is 2.13 bits per heavy atom. The van der Waals surface area contributed by atoms with Crippen molar-refractivity contribution >= 4 is 0 Å². The van der Waals surface area contributed by atoms with E-state index < -0.39 is 0 Å². The lowest BCUT2D eigenvalue weighted by molar-refractivity contribution is -0.123. The van der Waals surface area contributed by atoms with Crippen LogP contribution in [-0.2, 0) is 11.3 Å². The van der Waals surface area contributed by atoms with Crippen molar-refractivity contribution in [1.29, 1.82) is 0 Å². The van der Waals surface area contributed by atoms with Gasteiger partial charge < -0.3 is 14.5 Å². The second-order valence-electron chi connectivity index (χ2n) is 8.02. The van der Waals surface area contributed by atoms with Crippen LogP contribution in [0.2, 0.25) is 0 Å². The van der Waals surface area contributed by atoms with Crippen molar-refractivity contribution in [1.82, 2.24) is 5.32 Å². The summed E-state index contributed by atoms with van der Waals surface area (Å²) in [4.78, 5) is 0. The number of furan rings is 1. The lowest BCUT2D eigenvalue weighted by Crippen LogP contribution is -2.44. The molecular weight excluding hydrogens is 286 g/mol. The zero-order valence-electron chi connectivity index (χ0n) is 15.5. The Hall–Kier alpha value is -0.800. The van der Waals surface area contributed by atoms with Gasteiger partial charge in [0.1, 0.15) is 5.76 Å². The van der Waals surface area contributed by atoms with Gasteiger partial charge in [-0.2, -0.15) is 0 Å². The van der Waals surface area contributed by atoms with Crippen molar-refractivity contribution < 1.29 is 9.15 Å². The minimum absolute atomic E-state index is 0.0657. The highest BCUT2D eigenvalue weighted by molar-refractivity contribution is 4.97. The largest absolute Gasteiger partial charge is 0.468 e. The standard InChI is InChI=1S/C20H35NO2/c1-5-19(4)16-20(11-14-23-19,9-8-17(2)3)10-12-21-15-18-7-6-13-22-18/h6-7,13,17,21H,5,8-12,14-16H2,1-4H3/t19-,20-/m0/s1. The van der Waals surface area contributed by atoms with E-state index in [-0.39, 0.29) is 5.60 Å². The number of ether oxygens (including phenoxy) is 1. The molecule has 23 heavy (non-hydrogen) atoms. The van der Waals surface area contributed by atoms with Gasteiger partial charge in [0.15, 0.2) is 0 Å². The first-order valence-electron chi connectivity index (χ1n) is 9.34. The van der Waals surface area contributed by atoms with Gasteiger partial charge in [-0.05, 0) is 69.0 Å². The van der Waals surface area contributed by atoms with Crippen LogP contribution in [0, 0.1) is 11.3 Å². The van der Waals surface area contributed by atoms with Crippen molar-refractivity contribution in [3.63, 3.8) is 0 Å². The quantitative estimate of drug-likeness (QED) is 0.638. The molecule has 0 amide bonds. The van der Waals surface area contributed by atoms with Crippen molar-refractivity contribution in [3.05, 3.63) is 24.2 Å². The van der Waals surface area contributed by atoms with Gasteiger partial charge in [-0.25, -0.2) is 0 Å². The molecule has 132 valence electrons. The fourth-order valence-corrected chi connectivity index (χ4v) is 3.80. The molecule has 1 fully saturated rings. The van der Waals surface area contributed by atoms with Gasteiger partial charge in [-0.15, -0.1) is 0 Å². The normalized spacial score (nSPS) is 28.4. The zero-order valence-corrected chi connectivity index (χ0v) is 15.5. The number of nitrogens with one attached hydrogen (secondary N) is 1. The van der Waals surface area contributed by atoms with Gasteiger partial charge in [-0.3, -0.25) is 0 Å². The molecule has 0 saturated carbocycles. The molecule has 2 heterocycles. The smallest absolute Gasteiger partial charge is 0.117 e. The number of hydrogen-bond donors (Lipinski definition) is 1. The van der Waals surface area contributed by atoms with Crippen LogP contribution in [-0.4, -0.2) is 18.8 Å². The minimum Gasteiger partial charge on any atom is -0.468 e. The Morgan fingerprint density at radius 1 is 1.30 bits per heavy atom. The maximum atomic E-state index is 6.11. The summed E-state index contributed by atoms with van der Waals surface area (Å²) in [7, 11) is 0. The molecule has 0 aromatic carbocycles. The third kappa shape index (κ3) is 5.65. The lowest BCUT2D eigenvalue weighted by atomic mass is 9.67. The molecule has 1 N–H and O–H groups in total. The Balaban J connectivity index is 1.90. The monoisotopic (exact) mass is 321 g/mol. The van der Waals surface area contributed by atoms with E-state index in [1.165, 1.54) is 32.1 Å². The molecule has 1 saturated heterocycles. The van der Waals surface area contributed by atoms with E-state index in [9.17, 15) is 0 Å². The van der Waals surface area contributed by atoms with E-state index in [1.54, 1.807) is 6.26 Å². The fourth-order valence-electron chi connectivity index (χ4n) is 3.80. The summed E-state index contributed by atoms with van der Waals surface area (Å²) in [5.41, 5.74) is 0.500. The average Bonchev–Trinajstić information content (AvgIpc) is 3.03. The lowest BCUT2D eigenvalue weighted by Gasteiger charge is -2.47. The number of hydrogen-bond acceptors (Lipinski definition) is 3. The van der Waals surface area contributed by atoms with Crippen LogP contribution in [0.5, 0.6) is 0 Å². The van der Waals surface area contributed by atoms with Gasteiger partial charge in [0.05, 0.1) is 18.4 Å². The third-order valence-electron chi connectivity index (χ3n) is 5.54. The highest BCUT2D eigenvalue weighted by Crippen LogP contribution is 2.46. The Labute approximate surface area is 142 Å². The van der Waals surface area contributed by atoms with E-state index in [2.05, 4.69) is 33.0 Å². The molecule has 3 heteroatoms. The molecule has 0 spiro atoms. The second-order valence-corrected chi connectivity index (χ2v) is 8.02. The summed E-state index contributed by atoms with van der Waals surface area (Å²) in [6, 6.07) is 3.98. The molecule has 2 rings (SSSR count). The first-order valence-corrected chi connectivity index (χ1v) is 9.34. The van der Waals surface area contributed by atoms with Gasteiger partial charge >= 0.3 is 0 Å². The van der Waals surface area contributed by atoms with Crippen molar-refractivity contribution in [3.8, 4) is 0 Å². The summed E-state index contributed by atoms with van der Waals surface area (Å²) in [6.45, 7) is 12.0. The van der Waals surface area contributed by atoms with Crippen molar-refractivity contribution in [2.45, 2.75) is 78.4 Å². The fraction of sp³-hybridized carbons (Fsp3) is 0.800. The molecule has 2 atom stereocenters. The molecule has 0 aliphatic carbocycles. The van der Waals surface area contributed by atoms with E-state index >= 15 is 0 Å². The van der Waals surface area contributed by atoms with Gasteiger partial charge in [0.2, 0.25) is 0 Å². The summed E-state index contributed by atoms with van der Waals surface area (Å²) in [6.07, 6.45) is 9.13. The summed E-state index contributed by atoms with van der Waals surface area (Å²) in [5, 5.41) is 3.56. The molecule has 0 bridgehead atoms. The average molecular weight is 322 g/mol. The molecular formula is C20H35NO2. The summed E-state index contributed by atoms with van der Waals surface area (Å²) >= 11 is 0. The molecule has 0 unspecified atom stereocenters. The predicted molar refractivity (Wildman–Crippen MR) is 95.4 cm³/mol. The Bertz CT molecular complexity index is 443. The van der Waals surface area contributed by atoms with Crippen LogP contribution in [0.1, 0.15) is 72.0 Å². The topological polar surface area (TPSA) is 34.4 Å². The van der Waals surface area contributed by atoms with Crippen LogP contribution in [0.25, 0.3) is 0 Å². The maximum absolute atomic E-state index is 6.11.